The van der Waals surface area contributed by atoms with Crippen LogP contribution in [-0.2, 0) is 4.79 Å². The second-order valence-corrected chi connectivity index (χ2v) is 3.41. The molecule has 2 atom stereocenters. The molecule has 2 unspecified atom stereocenters. The topological polar surface area (TPSA) is 49.3 Å². The summed E-state index contributed by atoms with van der Waals surface area (Å²) in [4.78, 5) is 10.8. The fourth-order valence-electron chi connectivity index (χ4n) is 1.85. The van der Waals surface area contributed by atoms with Crippen molar-refractivity contribution in [2.24, 2.45) is 5.92 Å². The van der Waals surface area contributed by atoms with Gasteiger partial charge in [-0.25, -0.2) is 0 Å². The standard InChI is InChI=1S/C9H17NO2/c1-2-7(9(11)12)8-5-3-4-6-10-8/h7-8,10H,2-6H2,1H3,(H,11,12). The first-order chi connectivity index (χ1) is 5.75. The first-order valence-corrected chi connectivity index (χ1v) is 4.72. The summed E-state index contributed by atoms with van der Waals surface area (Å²) in [6, 6.07) is 0.209. The Balaban J connectivity index is 2.46. The van der Waals surface area contributed by atoms with Gasteiger partial charge in [-0.1, -0.05) is 13.3 Å². The molecule has 3 nitrogen and oxygen atoms in total. The van der Waals surface area contributed by atoms with Crippen LogP contribution in [-0.4, -0.2) is 23.7 Å². The van der Waals surface area contributed by atoms with Gasteiger partial charge in [0.05, 0.1) is 5.92 Å². The van der Waals surface area contributed by atoms with E-state index in [4.69, 9.17) is 5.11 Å². The maximum absolute atomic E-state index is 10.8. The Morgan fingerprint density at radius 3 is 2.83 bits per heavy atom. The zero-order valence-electron chi connectivity index (χ0n) is 7.55. The summed E-state index contributed by atoms with van der Waals surface area (Å²) in [5, 5.41) is 12.2. The van der Waals surface area contributed by atoms with Gasteiger partial charge < -0.3 is 10.4 Å². The molecule has 0 aromatic carbocycles. The van der Waals surface area contributed by atoms with Crippen LogP contribution in [0.2, 0.25) is 0 Å². The third-order valence-corrected chi connectivity index (χ3v) is 2.59. The van der Waals surface area contributed by atoms with Gasteiger partial charge >= 0.3 is 5.97 Å². The number of rotatable bonds is 3. The highest BCUT2D eigenvalue weighted by Crippen LogP contribution is 2.18. The molecule has 0 radical (unpaired) electrons. The minimum absolute atomic E-state index is 0.190. The predicted molar refractivity (Wildman–Crippen MR) is 47.1 cm³/mol. The lowest BCUT2D eigenvalue weighted by atomic mass is 9.90. The van der Waals surface area contributed by atoms with E-state index in [1.54, 1.807) is 0 Å². The molecule has 0 saturated carbocycles. The summed E-state index contributed by atoms with van der Waals surface area (Å²) in [7, 11) is 0. The fraction of sp³-hybridized carbons (Fsp3) is 0.889. The van der Waals surface area contributed by atoms with Gasteiger partial charge in [-0.05, 0) is 25.8 Å². The Kier molecular flexibility index (Phi) is 3.53. The molecule has 1 saturated heterocycles. The molecule has 1 aliphatic heterocycles. The number of nitrogens with one attached hydrogen (secondary N) is 1. The Morgan fingerprint density at radius 1 is 1.67 bits per heavy atom. The smallest absolute Gasteiger partial charge is 0.308 e. The van der Waals surface area contributed by atoms with Crippen molar-refractivity contribution in [1.82, 2.24) is 5.32 Å². The maximum atomic E-state index is 10.8. The molecule has 0 aromatic rings. The molecule has 1 aliphatic rings. The summed E-state index contributed by atoms with van der Waals surface area (Å²) in [6.07, 6.45) is 4.10. The van der Waals surface area contributed by atoms with E-state index in [1.165, 1.54) is 12.8 Å². The lowest BCUT2D eigenvalue weighted by Gasteiger charge is -2.27. The van der Waals surface area contributed by atoms with Crippen molar-refractivity contribution in [2.75, 3.05) is 6.54 Å². The molecule has 0 bridgehead atoms. The summed E-state index contributed by atoms with van der Waals surface area (Å²) in [6.45, 7) is 2.92. The third-order valence-electron chi connectivity index (χ3n) is 2.59. The average molecular weight is 171 g/mol. The SMILES string of the molecule is CCC(C(=O)O)C1CCCCN1. The van der Waals surface area contributed by atoms with Crippen LogP contribution in [0.5, 0.6) is 0 Å². The number of piperidine rings is 1. The molecule has 12 heavy (non-hydrogen) atoms. The molecule has 1 rings (SSSR count). The number of carbonyl (C=O) groups is 1. The lowest BCUT2D eigenvalue weighted by Crippen LogP contribution is -2.42. The first-order valence-electron chi connectivity index (χ1n) is 4.72. The Hall–Kier alpha value is -0.570. The van der Waals surface area contributed by atoms with Gasteiger partial charge in [-0.2, -0.15) is 0 Å². The van der Waals surface area contributed by atoms with Crippen LogP contribution in [0.25, 0.3) is 0 Å². The average Bonchev–Trinajstić information content (AvgIpc) is 2.07. The minimum Gasteiger partial charge on any atom is -0.481 e. The molecule has 0 amide bonds. The van der Waals surface area contributed by atoms with E-state index >= 15 is 0 Å². The molecule has 0 spiro atoms. The van der Waals surface area contributed by atoms with Gasteiger partial charge in [0.25, 0.3) is 0 Å². The number of carboxylic acids is 1. The molecule has 1 heterocycles. The van der Waals surface area contributed by atoms with E-state index in [0.717, 1.165) is 19.4 Å². The van der Waals surface area contributed by atoms with Crippen molar-refractivity contribution >= 4 is 5.97 Å². The highest BCUT2D eigenvalue weighted by Gasteiger charge is 2.26. The quantitative estimate of drug-likeness (QED) is 0.671. The molecule has 3 heteroatoms. The third kappa shape index (κ3) is 2.21. The van der Waals surface area contributed by atoms with Crippen LogP contribution >= 0.6 is 0 Å². The number of hydrogen-bond acceptors (Lipinski definition) is 2. The second-order valence-electron chi connectivity index (χ2n) is 3.41. The van der Waals surface area contributed by atoms with Crippen molar-refractivity contribution < 1.29 is 9.90 Å². The summed E-state index contributed by atoms with van der Waals surface area (Å²) >= 11 is 0. The van der Waals surface area contributed by atoms with Crippen molar-refractivity contribution in [3.05, 3.63) is 0 Å². The van der Waals surface area contributed by atoms with Crippen molar-refractivity contribution in [3.63, 3.8) is 0 Å². The van der Waals surface area contributed by atoms with Crippen LogP contribution in [0, 0.1) is 5.92 Å². The molecule has 2 N–H and O–H groups in total. The summed E-state index contributed by atoms with van der Waals surface area (Å²) < 4.78 is 0. The Bertz CT molecular complexity index is 153. The van der Waals surface area contributed by atoms with Crippen LogP contribution in [0.3, 0.4) is 0 Å². The van der Waals surface area contributed by atoms with Crippen molar-refractivity contribution in [1.29, 1.82) is 0 Å². The van der Waals surface area contributed by atoms with Crippen molar-refractivity contribution in [3.8, 4) is 0 Å². The monoisotopic (exact) mass is 171 g/mol. The van der Waals surface area contributed by atoms with Gasteiger partial charge in [0.1, 0.15) is 0 Å². The number of aliphatic carboxylic acids is 1. The van der Waals surface area contributed by atoms with Gasteiger partial charge in [0.2, 0.25) is 0 Å². The molecule has 70 valence electrons. The Labute approximate surface area is 73.2 Å². The second kappa shape index (κ2) is 4.45. The summed E-state index contributed by atoms with van der Waals surface area (Å²) in [5.41, 5.74) is 0. The van der Waals surface area contributed by atoms with Crippen molar-refractivity contribution in [2.45, 2.75) is 38.6 Å². The van der Waals surface area contributed by atoms with Crippen LogP contribution in [0.1, 0.15) is 32.6 Å². The zero-order chi connectivity index (χ0) is 8.97. The largest absolute Gasteiger partial charge is 0.481 e. The summed E-state index contributed by atoms with van der Waals surface area (Å²) in [5.74, 6) is -0.845. The first kappa shape index (κ1) is 9.52. The van der Waals surface area contributed by atoms with Gasteiger partial charge in [0.15, 0.2) is 0 Å². The Morgan fingerprint density at radius 2 is 2.42 bits per heavy atom. The lowest BCUT2D eigenvalue weighted by molar-refractivity contribution is -0.143. The van der Waals surface area contributed by atoms with Crippen LogP contribution in [0.15, 0.2) is 0 Å². The number of hydrogen-bond donors (Lipinski definition) is 2. The van der Waals surface area contributed by atoms with E-state index < -0.39 is 5.97 Å². The van der Waals surface area contributed by atoms with Gasteiger partial charge in [-0.3, -0.25) is 4.79 Å². The molecule has 0 aliphatic carbocycles. The van der Waals surface area contributed by atoms with Gasteiger partial charge in [0, 0.05) is 6.04 Å². The fourth-order valence-corrected chi connectivity index (χ4v) is 1.85. The highest BCUT2D eigenvalue weighted by molar-refractivity contribution is 5.70. The maximum Gasteiger partial charge on any atom is 0.308 e. The van der Waals surface area contributed by atoms with E-state index in [2.05, 4.69) is 5.32 Å². The predicted octanol–water partition coefficient (Wildman–Crippen LogP) is 1.24. The molecular formula is C9H17NO2. The van der Waals surface area contributed by atoms with Crippen LogP contribution in [0.4, 0.5) is 0 Å². The number of carboxylic acid groups (broad SMARTS) is 1. The van der Waals surface area contributed by atoms with Crippen LogP contribution < -0.4 is 5.32 Å². The van der Waals surface area contributed by atoms with E-state index in [9.17, 15) is 4.79 Å². The van der Waals surface area contributed by atoms with Gasteiger partial charge in [-0.15, -0.1) is 0 Å². The zero-order valence-corrected chi connectivity index (χ0v) is 7.55. The highest BCUT2D eigenvalue weighted by atomic mass is 16.4. The molecule has 1 fully saturated rings. The normalized spacial score (nSPS) is 26.6. The van der Waals surface area contributed by atoms with E-state index in [1.807, 2.05) is 6.92 Å². The van der Waals surface area contributed by atoms with E-state index in [0.29, 0.717) is 0 Å². The van der Waals surface area contributed by atoms with E-state index in [-0.39, 0.29) is 12.0 Å². The minimum atomic E-state index is -0.656. The molecule has 0 aromatic heterocycles. The molecular weight excluding hydrogens is 154 g/mol.